The van der Waals surface area contributed by atoms with Gasteiger partial charge in [-0.2, -0.15) is 0 Å². The number of rotatable bonds is 6. The van der Waals surface area contributed by atoms with E-state index in [-0.39, 0.29) is 17.7 Å². The van der Waals surface area contributed by atoms with Gasteiger partial charge in [0.15, 0.2) is 5.11 Å². The van der Waals surface area contributed by atoms with Crippen molar-refractivity contribution in [3.8, 4) is 11.5 Å². The third kappa shape index (κ3) is 5.64. The minimum Gasteiger partial charge on any atom is -0.496 e. The molecule has 1 saturated heterocycles. The van der Waals surface area contributed by atoms with Gasteiger partial charge in [-0.3, -0.25) is 20.2 Å². The molecule has 0 aliphatic carbocycles. The zero-order valence-electron chi connectivity index (χ0n) is 18.2. The third-order valence-corrected chi connectivity index (χ3v) is 5.36. The van der Waals surface area contributed by atoms with Gasteiger partial charge in [0.25, 0.3) is 11.6 Å². The number of carbonyl (C=O) groups is 1. The van der Waals surface area contributed by atoms with Crippen LogP contribution >= 0.6 is 12.2 Å². The van der Waals surface area contributed by atoms with Crippen LogP contribution in [0.15, 0.2) is 42.5 Å². The highest BCUT2D eigenvalue weighted by Gasteiger charge is 2.26. The van der Waals surface area contributed by atoms with Crippen molar-refractivity contribution >= 4 is 34.6 Å². The van der Waals surface area contributed by atoms with Crippen molar-refractivity contribution in [3.05, 3.63) is 58.1 Å². The fourth-order valence-corrected chi connectivity index (χ4v) is 3.67. The minimum absolute atomic E-state index is 0.00132. The highest BCUT2D eigenvalue weighted by atomic mass is 32.1. The monoisotopic (exact) mass is 458 g/mol. The standard InChI is InChI=1S/C22H26N4O5S/c1-15(2)31-17-6-4-16(5-7-17)21(27)23-22(32)25-12-10-24(11-13-25)19-9-8-18(30-3)14-20(19)26(28)29/h4-9,14-15H,10-13H2,1-3H3,(H,23,27,32). The largest absolute Gasteiger partial charge is 0.496 e. The molecule has 170 valence electrons. The number of nitro groups is 1. The number of anilines is 1. The molecule has 0 bridgehead atoms. The first-order valence-corrected chi connectivity index (χ1v) is 10.6. The van der Waals surface area contributed by atoms with Crippen LogP contribution in [-0.2, 0) is 0 Å². The Morgan fingerprint density at radius 2 is 1.72 bits per heavy atom. The molecule has 0 spiro atoms. The number of thiocarbonyl (C=S) groups is 1. The third-order valence-electron chi connectivity index (χ3n) is 5.00. The lowest BCUT2D eigenvalue weighted by Crippen LogP contribution is -2.52. The lowest BCUT2D eigenvalue weighted by molar-refractivity contribution is -0.384. The number of nitrogens with zero attached hydrogens (tertiary/aromatic N) is 3. The molecule has 2 aromatic carbocycles. The molecular weight excluding hydrogens is 432 g/mol. The van der Waals surface area contributed by atoms with Crippen LogP contribution in [0.4, 0.5) is 11.4 Å². The van der Waals surface area contributed by atoms with E-state index < -0.39 is 4.92 Å². The Hall–Kier alpha value is -3.40. The zero-order chi connectivity index (χ0) is 23.3. The van der Waals surface area contributed by atoms with E-state index >= 15 is 0 Å². The lowest BCUT2D eigenvalue weighted by Gasteiger charge is -2.37. The zero-order valence-corrected chi connectivity index (χ0v) is 19.1. The number of nitrogens with one attached hydrogen (secondary N) is 1. The van der Waals surface area contributed by atoms with Gasteiger partial charge < -0.3 is 19.3 Å². The molecule has 0 atom stereocenters. The van der Waals surface area contributed by atoms with E-state index in [2.05, 4.69) is 5.32 Å². The highest BCUT2D eigenvalue weighted by Crippen LogP contribution is 2.32. The summed E-state index contributed by atoms with van der Waals surface area (Å²) in [6.45, 7) is 6.00. The maximum Gasteiger partial charge on any atom is 0.296 e. The first-order chi connectivity index (χ1) is 15.3. The fourth-order valence-electron chi connectivity index (χ4n) is 3.40. The average molecular weight is 459 g/mol. The van der Waals surface area contributed by atoms with Crippen LogP contribution in [0.1, 0.15) is 24.2 Å². The molecule has 1 fully saturated rings. The Kier molecular flexibility index (Phi) is 7.47. The van der Waals surface area contributed by atoms with Gasteiger partial charge >= 0.3 is 0 Å². The summed E-state index contributed by atoms with van der Waals surface area (Å²) in [7, 11) is 1.47. The van der Waals surface area contributed by atoms with Crippen LogP contribution in [0.5, 0.6) is 11.5 Å². The summed E-state index contributed by atoms with van der Waals surface area (Å²) >= 11 is 5.41. The minimum atomic E-state index is -0.410. The number of ether oxygens (including phenoxy) is 2. The number of benzene rings is 2. The maximum absolute atomic E-state index is 12.5. The number of carbonyl (C=O) groups excluding carboxylic acids is 1. The van der Waals surface area contributed by atoms with Crippen molar-refractivity contribution in [1.82, 2.24) is 10.2 Å². The molecule has 1 N–H and O–H groups in total. The fraction of sp³-hybridized carbons (Fsp3) is 0.364. The average Bonchev–Trinajstić information content (AvgIpc) is 2.78. The summed E-state index contributed by atoms with van der Waals surface area (Å²) in [6, 6.07) is 11.7. The molecule has 2 aromatic rings. The van der Waals surface area contributed by atoms with Crippen LogP contribution in [-0.4, -0.2) is 60.2 Å². The molecule has 0 radical (unpaired) electrons. The van der Waals surface area contributed by atoms with E-state index in [0.717, 1.165) is 0 Å². The molecular formula is C22H26N4O5S. The summed E-state index contributed by atoms with van der Waals surface area (Å²) in [5.74, 6) is 0.842. The van der Waals surface area contributed by atoms with Crippen molar-refractivity contribution in [2.75, 3.05) is 38.2 Å². The molecule has 1 aliphatic rings. The van der Waals surface area contributed by atoms with Gasteiger partial charge in [-0.15, -0.1) is 0 Å². The van der Waals surface area contributed by atoms with Gasteiger partial charge in [0.05, 0.1) is 24.2 Å². The molecule has 3 rings (SSSR count). The van der Waals surface area contributed by atoms with Crippen LogP contribution in [0.2, 0.25) is 0 Å². The van der Waals surface area contributed by atoms with Gasteiger partial charge in [0.1, 0.15) is 17.2 Å². The predicted molar refractivity (Wildman–Crippen MR) is 126 cm³/mol. The van der Waals surface area contributed by atoms with Gasteiger partial charge in [0.2, 0.25) is 0 Å². The van der Waals surface area contributed by atoms with E-state index in [4.69, 9.17) is 21.7 Å². The Labute approximate surface area is 192 Å². The SMILES string of the molecule is COc1ccc(N2CCN(C(=S)NC(=O)c3ccc(OC(C)C)cc3)CC2)c([N+](=O)[O-])c1. The molecule has 9 nitrogen and oxygen atoms in total. The number of hydrogen-bond donors (Lipinski definition) is 1. The van der Waals surface area contributed by atoms with Gasteiger partial charge in [-0.1, -0.05) is 0 Å². The van der Waals surface area contributed by atoms with E-state index in [1.165, 1.54) is 13.2 Å². The smallest absolute Gasteiger partial charge is 0.296 e. The van der Waals surface area contributed by atoms with Crippen molar-refractivity contribution in [2.24, 2.45) is 0 Å². The Balaban J connectivity index is 1.58. The van der Waals surface area contributed by atoms with Crippen LogP contribution in [0.25, 0.3) is 0 Å². The topological polar surface area (TPSA) is 97.2 Å². The highest BCUT2D eigenvalue weighted by molar-refractivity contribution is 7.80. The quantitative estimate of drug-likeness (QED) is 0.400. The van der Waals surface area contributed by atoms with Crippen molar-refractivity contribution in [3.63, 3.8) is 0 Å². The number of hydrogen-bond acceptors (Lipinski definition) is 7. The van der Waals surface area contributed by atoms with Gasteiger partial charge in [-0.05, 0) is 62.5 Å². The molecule has 0 aromatic heterocycles. The molecule has 10 heteroatoms. The maximum atomic E-state index is 12.5. The van der Waals surface area contributed by atoms with Crippen LogP contribution in [0, 0.1) is 10.1 Å². The molecule has 0 unspecified atom stereocenters. The number of nitro benzene ring substituents is 1. The van der Waals surface area contributed by atoms with E-state index in [1.54, 1.807) is 36.4 Å². The summed E-state index contributed by atoms with van der Waals surface area (Å²) in [5, 5.41) is 14.6. The normalized spacial score (nSPS) is 13.6. The van der Waals surface area contributed by atoms with Crippen molar-refractivity contribution < 1.29 is 19.2 Å². The van der Waals surface area contributed by atoms with E-state index in [0.29, 0.717) is 54.0 Å². The molecule has 1 aliphatic heterocycles. The molecule has 0 saturated carbocycles. The Morgan fingerprint density at radius 3 is 2.28 bits per heavy atom. The molecule has 1 amide bonds. The molecule has 1 heterocycles. The Morgan fingerprint density at radius 1 is 1.09 bits per heavy atom. The Bertz CT molecular complexity index is 988. The number of piperazine rings is 1. The van der Waals surface area contributed by atoms with Gasteiger partial charge in [0, 0.05) is 31.7 Å². The summed E-state index contributed by atoms with van der Waals surface area (Å²) in [6.07, 6.45) is 0.0558. The van der Waals surface area contributed by atoms with Crippen molar-refractivity contribution in [2.45, 2.75) is 20.0 Å². The second-order valence-electron chi connectivity index (χ2n) is 7.54. The summed E-state index contributed by atoms with van der Waals surface area (Å²) in [4.78, 5) is 27.4. The first kappa shape index (κ1) is 23.3. The van der Waals surface area contributed by atoms with Crippen LogP contribution < -0.4 is 19.7 Å². The second-order valence-corrected chi connectivity index (χ2v) is 7.92. The first-order valence-electron chi connectivity index (χ1n) is 10.2. The summed E-state index contributed by atoms with van der Waals surface area (Å²) < 4.78 is 10.7. The van der Waals surface area contributed by atoms with E-state index in [1.807, 2.05) is 23.6 Å². The lowest BCUT2D eigenvalue weighted by atomic mass is 10.2. The van der Waals surface area contributed by atoms with Gasteiger partial charge in [-0.25, -0.2) is 0 Å². The van der Waals surface area contributed by atoms with E-state index in [9.17, 15) is 14.9 Å². The molecule has 32 heavy (non-hydrogen) atoms. The number of amides is 1. The van der Waals surface area contributed by atoms with Crippen LogP contribution in [0.3, 0.4) is 0 Å². The predicted octanol–water partition coefficient (Wildman–Crippen LogP) is 3.23. The van der Waals surface area contributed by atoms with Crippen molar-refractivity contribution in [1.29, 1.82) is 0 Å². The second kappa shape index (κ2) is 10.3. The summed E-state index contributed by atoms with van der Waals surface area (Å²) in [5.41, 5.74) is 1.02. The number of methoxy groups -OCH3 is 1.